The first-order valence-electron chi connectivity index (χ1n) is 10.3. The third-order valence-corrected chi connectivity index (χ3v) is 6.21. The van der Waals surface area contributed by atoms with Gasteiger partial charge in [-0.1, -0.05) is 24.3 Å². The van der Waals surface area contributed by atoms with Crippen LogP contribution in [0.5, 0.6) is 0 Å². The molecule has 5 rings (SSSR count). The first-order valence-corrected chi connectivity index (χ1v) is 10.3. The van der Waals surface area contributed by atoms with Crippen molar-refractivity contribution in [3.63, 3.8) is 0 Å². The minimum absolute atomic E-state index is 0.116. The number of aromatic amines is 1. The molecule has 0 radical (unpaired) electrons. The summed E-state index contributed by atoms with van der Waals surface area (Å²) in [5.74, 6) is 0.709. The summed E-state index contributed by atoms with van der Waals surface area (Å²) in [6, 6.07) is 11.7. The molecule has 8 heteroatoms. The second-order valence-electron chi connectivity index (χ2n) is 8.02. The smallest absolute Gasteiger partial charge is 0.236 e. The molecule has 1 aliphatic heterocycles. The van der Waals surface area contributed by atoms with Gasteiger partial charge in [0.15, 0.2) is 5.65 Å². The molecule has 3 aromatic heterocycles. The van der Waals surface area contributed by atoms with Gasteiger partial charge in [0.1, 0.15) is 12.2 Å². The molecule has 4 aromatic rings. The minimum Gasteiger partial charge on any atom is -0.385 e. The lowest BCUT2D eigenvalue weighted by molar-refractivity contribution is -0.134. The first kappa shape index (κ1) is 19.3. The Hall–Kier alpha value is -3.70. The summed E-state index contributed by atoms with van der Waals surface area (Å²) in [5, 5.41) is 19.9. The van der Waals surface area contributed by atoms with Crippen molar-refractivity contribution >= 4 is 22.6 Å². The van der Waals surface area contributed by atoms with E-state index in [-0.39, 0.29) is 12.3 Å². The predicted molar refractivity (Wildman–Crippen MR) is 115 cm³/mol. The number of carbonyl (C=O) groups is 1. The second-order valence-corrected chi connectivity index (χ2v) is 8.02. The summed E-state index contributed by atoms with van der Waals surface area (Å²) < 4.78 is 2.09. The normalized spacial score (nSPS) is 16.0. The van der Waals surface area contributed by atoms with Crippen molar-refractivity contribution in [2.24, 2.45) is 0 Å². The number of nitriles is 1. The Bertz CT molecular complexity index is 1320. The summed E-state index contributed by atoms with van der Waals surface area (Å²) in [5.41, 5.74) is 4.39. The van der Waals surface area contributed by atoms with Crippen molar-refractivity contribution in [1.29, 1.82) is 5.26 Å². The molecule has 2 N–H and O–H groups in total. The zero-order valence-corrected chi connectivity index (χ0v) is 17.2. The Morgan fingerprint density at radius 2 is 1.97 bits per heavy atom. The maximum atomic E-state index is 11.9. The van der Waals surface area contributed by atoms with E-state index in [4.69, 9.17) is 10.2 Å². The number of aryl methyl sites for hydroxylation is 1. The number of nitrogens with one attached hydrogen (secondary N) is 1. The van der Waals surface area contributed by atoms with Gasteiger partial charge in [0.05, 0.1) is 34.6 Å². The molecular weight excluding hydrogens is 392 g/mol. The van der Waals surface area contributed by atoms with Crippen molar-refractivity contribution in [1.82, 2.24) is 24.3 Å². The molecular formula is C23H22N6O2. The van der Waals surface area contributed by atoms with E-state index in [1.807, 2.05) is 55.7 Å². The van der Waals surface area contributed by atoms with E-state index in [1.54, 1.807) is 4.90 Å². The molecule has 1 amide bonds. The Balaban J connectivity index is 1.42. The Labute approximate surface area is 178 Å². The molecule has 31 heavy (non-hydrogen) atoms. The van der Waals surface area contributed by atoms with E-state index in [9.17, 15) is 9.90 Å². The van der Waals surface area contributed by atoms with Gasteiger partial charge in [-0.15, -0.1) is 0 Å². The van der Waals surface area contributed by atoms with E-state index >= 15 is 0 Å². The largest absolute Gasteiger partial charge is 0.385 e. The van der Waals surface area contributed by atoms with Crippen LogP contribution in [0.25, 0.3) is 27.9 Å². The summed E-state index contributed by atoms with van der Waals surface area (Å²) in [7, 11) is 0. The number of aromatic nitrogens is 4. The molecule has 0 unspecified atom stereocenters. The summed E-state index contributed by atoms with van der Waals surface area (Å²) in [6.07, 6.45) is 4.47. The van der Waals surface area contributed by atoms with Crippen LogP contribution in [0.4, 0.5) is 0 Å². The number of nitrogens with zero attached hydrogens (tertiary/aromatic N) is 5. The topological polar surface area (TPSA) is 110 Å². The number of rotatable bonds is 3. The van der Waals surface area contributed by atoms with Gasteiger partial charge in [-0.2, -0.15) is 5.26 Å². The maximum absolute atomic E-state index is 11.9. The Morgan fingerprint density at radius 1 is 1.23 bits per heavy atom. The molecule has 1 fully saturated rings. The van der Waals surface area contributed by atoms with E-state index in [0.717, 1.165) is 39.3 Å². The van der Waals surface area contributed by atoms with Crippen LogP contribution in [0.2, 0.25) is 0 Å². The number of H-pyrrole nitrogens is 1. The van der Waals surface area contributed by atoms with Crippen LogP contribution in [0.15, 0.2) is 42.7 Å². The first-order chi connectivity index (χ1) is 15.0. The Kier molecular flexibility index (Phi) is 4.49. The summed E-state index contributed by atoms with van der Waals surface area (Å²) >= 11 is 0. The number of hydrogen-bond donors (Lipinski definition) is 2. The number of likely N-dealkylation sites (tertiary alicyclic amines) is 1. The van der Waals surface area contributed by atoms with Crippen LogP contribution in [0, 0.1) is 18.3 Å². The molecule has 1 saturated heterocycles. The fourth-order valence-electron chi connectivity index (χ4n) is 4.48. The van der Waals surface area contributed by atoms with Gasteiger partial charge in [-0.25, -0.2) is 9.97 Å². The van der Waals surface area contributed by atoms with Crippen LogP contribution in [-0.4, -0.2) is 48.4 Å². The highest BCUT2D eigenvalue weighted by Gasteiger charge is 2.35. The number of aliphatic hydroxyl groups is 1. The molecule has 1 aromatic carbocycles. The van der Waals surface area contributed by atoms with Crippen LogP contribution < -0.4 is 0 Å². The summed E-state index contributed by atoms with van der Waals surface area (Å²) in [6.45, 7) is 2.87. The van der Waals surface area contributed by atoms with Crippen LogP contribution in [0.3, 0.4) is 0 Å². The fourth-order valence-corrected chi connectivity index (χ4v) is 4.48. The van der Waals surface area contributed by atoms with E-state index in [2.05, 4.69) is 14.4 Å². The number of piperidine rings is 1. The lowest BCUT2D eigenvalue weighted by Crippen LogP contribution is -2.45. The highest BCUT2D eigenvalue weighted by Crippen LogP contribution is 2.35. The zero-order chi connectivity index (χ0) is 21.6. The van der Waals surface area contributed by atoms with Crippen LogP contribution >= 0.6 is 0 Å². The molecule has 0 saturated carbocycles. The van der Waals surface area contributed by atoms with Gasteiger partial charge in [0, 0.05) is 24.8 Å². The lowest BCUT2D eigenvalue weighted by Gasteiger charge is -2.38. The molecule has 0 spiro atoms. The van der Waals surface area contributed by atoms with Gasteiger partial charge >= 0.3 is 0 Å². The molecule has 1 aliphatic rings. The van der Waals surface area contributed by atoms with Crippen LogP contribution in [0.1, 0.15) is 30.7 Å². The van der Waals surface area contributed by atoms with Crippen molar-refractivity contribution < 1.29 is 9.90 Å². The van der Waals surface area contributed by atoms with Gasteiger partial charge in [0.2, 0.25) is 5.91 Å². The number of benzene rings is 1. The average Bonchev–Trinajstić information content (AvgIpc) is 3.38. The third-order valence-electron chi connectivity index (χ3n) is 6.21. The molecule has 8 nitrogen and oxygen atoms in total. The number of hydrogen-bond acceptors (Lipinski definition) is 5. The van der Waals surface area contributed by atoms with E-state index < -0.39 is 5.60 Å². The number of fused-ring (bicyclic) bond motifs is 3. The SMILES string of the molecule is Cc1nc(-c2ccc(C3(O)CCN(C(=O)CC#N)CC3)cc2)c2cnc3[nH]ccc3n12. The quantitative estimate of drug-likeness (QED) is 0.536. The number of imidazole rings is 1. The Morgan fingerprint density at radius 3 is 2.68 bits per heavy atom. The van der Waals surface area contributed by atoms with Gasteiger partial charge in [0.25, 0.3) is 0 Å². The number of carbonyl (C=O) groups excluding carboxylic acids is 1. The van der Waals surface area contributed by atoms with E-state index in [1.165, 1.54) is 0 Å². The van der Waals surface area contributed by atoms with Crippen molar-refractivity contribution in [3.05, 3.63) is 54.1 Å². The number of amides is 1. The zero-order valence-electron chi connectivity index (χ0n) is 17.2. The molecule has 156 valence electrons. The monoisotopic (exact) mass is 414 g/mol. The van der Waals surface area contributed by atoms with Crippen molar-refractivity contribution in [3.8, 4) is 17.3 Å². The van der Waals surface area contributed by atoms with Gasteiger partial charge in [-0.05, 0) is 31.4 Å². The van der Waals surface area contributed by atoms with Crippen LogP contribution in [-0.2, 0) is 10.4 Å². The van der Waals surface area contributed by atoms with Gasteiger partial charge < -0.3 is 15.0 Å². The minimum atomic E-state index is -0.979. The third kappa shape index (κ3) is 3.14. The maximum Gasteiger partial charge on any atom is 0.236 e. The standard InChI is InChI=1S/C23H22N6O2/c1-15-27-21(19-14-26-22-18(29(15)19)7-11-25-22)16-2-4-17(5-3-16)23(31)8-12-28(13-9-23)20(30)6-10-24/h2-5,7,11,14,25,31H,6,8-9,12-13H2,1H3. The average molecular weight is 414 g/mol. The molecule has 4 heterocycles. The highest BCUT2D eigenvalue weighted by molar-refractivity contribution is 5.84. The fraction of sp³-hybridized carbons (Fsp3) is 0.304. The highest BCUT2D eigenvalue weighted by atomic mass is 16.3. The van der Waals surface area contributed by atoms with Crippen molar-refractivity contribution in [2.75, 3.05) is 13.1 Å². The molecule has 0 aliphatic carbocycles. The lowest BCUT2D eigenvalue weighted by atomic mass is 9.84. The predicted octanol–water partition coefficient (Wildman–Crippen LogP) is 2.91. The van der Waals surface area contributed by atoms with E-state index in [0.29, 0.717) is 25.9 Å². The van der Waals surface area contributed by atoms with Gasteiger partial charge in [-0.3, -0.25) is 9.20 Å². The molecule has 0 bridgehead atoms. The van der Waals surface area contributed by atoms with Crippen molar-refractivity contribution in [2.45, 2.75) is 31.8 Å². The summed E-state index contributed by atoms with van der Waals surface area (Å²) in [4.78, 5) is 26.0. The second kappa shape index (κ2) is 7.22. The molecule has 0 atom stereocenters.